The molecule has 0 saturated carbocycles. The van der Waals surface area contributed by atoms with Crippen molar-refractivity contribution in [1.82, 2.24) is 0 Å². The van der Waals surface area contributed by atoms with Crippen LogP contribution in [0.3, 0.4) is 0 Å². The van der Waals surface area contributed by atoms with Gasteiger partial charge in [0.2, 0.25) is 0 Å². The van der Waals surface area contributed by atoms with Crippen LogP contribution in [0.5, 0.6) is 0 Å². The van der Waals surface area contributed by atoms with E-state index in [9.17, 15) is 4.79 Å². The number of benzene rings is 1. The molecule has 1 rings (SSSR count). The Hall–Kier alpha value is -1.02. The number of carbonyl (C=O) groups excluding carboxylic acids is 1. The Kier molecular flexibility index (Phi) is 2.49. The molecule has 0 aromatic heterocycles. The summed E-state index contributed by atoms with van der Waals surface area (Å²) in [5.74, 6) is 0. The monoisotopic (exact) mass is 169 g/mol. The molecule has 58 valence electrons. The third-order valence-electron chi connectivity index (χ3n) is 1.41. The van der Waals surface area contributed by atoms with E-state index in [-0.39, 0.29) is 0 Å². The van der Waals surface area contributed by atoms with Gasteiger partial charge in [-0.1, -0.05) is 11.6 Å². The summed E-state index contributed by atoms with van der Waals surface area (Å²) in [4.78, 5) is 10.4. The summed E-state index contributed by atoms with van der Waals surface area (Å²) in [7, 11) is 1.75. The molecule has 1 aromatic carbocycles. The van der Waals surface area contributed by atoms with E-state index in [1.54, 1.807) is 25.2 Å². The topological polar surface area (TPSA) is 29.1 Å². The summed E-state index contributed by atoms with van der Waals surface area (Å²) in [6.07, 6.45) is 0.794. The zero-order valence-corrected chi connectivity index (χ0v) is 6.85. The fourth-order valence-electron chi connectivity index (χ4n) is 0.848. The largest absolute Gasteiger partial charge is 0.387 e. The van der Waals surface area contributed by atoms with Crippen molar-refractivity contribution in [1.29, 1.82) is 0 Å². The number of hydrogen-bond acceptors (Lipinski definition) is 2. The molecule has 2 nitrogen and oxygen atoms in total. The highest BCUT2D eigenvalue weighted by atomic mass is 35.5. The number of hydrogen-bond donors (Lipinski definition) is 1. The van der Waals surface area contributed by atoms with Crippen molar-refractivity contribution in [3.05, 3.63) is 28.8 Å². The Morgan fingerprint density at radius 2 is 2.27 bits per heavy atom. The highest BCUT2D eigenvalue weighted by Crippen LogP contribution is 2.18. The Labute approximate surface area is 70.2 Å². The van der Waals surface area contributed by atoms with Gasteiger partial charge >= 0.3 is 0 Å². The molecule has 0 heterocycles. The number of anilines is 1. The lowest BCUT2D eigenvalue weighted by Gasteiger charge is -2.02. The Morgan fingerprint density at radius 1 is 1.55 bits per heavy atom. The van der Waals surface area contributed by atoms with Crippen LogP contribution in [0.15, 0.2) is 18.2 Å². The van der Waals surface area contributed by atoms with Crippen molar-refractivity contribution >= 4 is 23.6 Å². The molecule has 0 aliphatic heterocycles. The number of halogens is 1. The number of rotatable bonds is 2. The molecular weight excluding hydrogens is 162 g/mol. The van der Waals surface area contributed by atoms with Crippen molar-refractivity contribution in [3.63, 3.8) is 0 Å². The van der Waals surface area contributed by atoms with Crippen molar-refractivity contribution in [2.75, 3.05) is 12.4 Å². The molecular formula is C8H8ClNO. The van der Waals surface area contributed by atoms with Crippen molar-refractivity contribution in [3.8, 4) is 0 Å². The molecule has 11 heavy (non-hydrogen) atoms. The number of carbonyl (C=O) groups is 1. The minimum Gasteiger partial charge on any atom is -0.387 e. The molecule has 0 spiro atoms. The lowest BCUT2D eigenvalue weighted by atomic mass is 10.2. The van der Waals surface area contributed by atoms with Gasteiger partial charge in [0.05, 0.1) is 0 Å². The first-order valence-corrected chi connectivity index (χ1v) is 3.58. The lowest BCUT2D eigenvalue weighted by Crippen LogP contribution is -1.93. The molecule has 0 fully saturated rings. The van der Waals surface area contributed by atoms with Crippen molar-refractivity contribution < 1.29 is 4.79 Å². The van der Waals surface area contributed by atoms with Crippen LogP contribution >= 0.6 is 11.6 Å². The summed E-state index contributed by atoms with van der Waals surface area (Å²) in [6.45, 7) is 0. The van der Waals surface area contributed by atoms with E-state index >= 15 is 0 Å². The number of aldehydes is 1. The van der Waals surface area contributed by atoms with Crippen molar-refractivity contribution in [2.45, 2.75) is 0 Å². The van der Waals surface area contributed by atoms with E-state index in [1.165, 1.54) is 0 Å². The van der Waals surface area contributed by atoms with Gasteiger partial charge in [0.25, 0.3) is 0 Å². The van der Waals surface area contributed by atoms with Crippen molar-refractivity contribution in [2.24, 2.45) is 0 Å². The van der Waals surface area contributed by atoms with Crippen LogP contribution in [-0.4, -0.2) is 13.3 Å². The Bertz CT molecular complexity index is 273. The second-order valence-corrected chi connectivity index (χ2v) is 2.54. The van der Waals surface area contributed by atoms with Gasteiger partial charge in [0.15, 0.2) is 6.29 Å². The van der Waals surface area contributed by atoms with Crippen LogP contribution < -0.4 is 5.32 Å². The normalized spacial score (nSPS) is 9.27. The van der Waals surface area contributed by atoms with E-state index in [1.807, 2.05) is 0 Å². The zero-order valence-electron chi connectivity index (χ0n) is 6.10. The van der Waals surface area contributed by atoms with E-state index < -0.39 is 0 Å². The molecule has 0 saturated heterocycles. The summed E-state index contributed by atoms with van der Waals surface area (Å²) >= 11 is 5.70. The van der Waals surface area contributed by atoms with Crippen LogP contribution in [0.25, 0.3) is 0 Å². The van der Waals surface area contributed by atoms with Crippen LogP contribution in [0.4, 0.5) is 5.69 Å². The maximum Gasteiger partial charge on any atom is 0.152 e. The lowest BCUT2D eigenvalue weighted by molar-refractivity contribution is 0.112. The minimum absolute atomic E-state index is 0.622. The molecule has 0 aliphatic carbocycles. The van der Waals surface area contributed by atoms with E-state index in [0.29, 0.717) is 10.6 Å². The quantitative estimate of drug-likeness (QED) is 0.688. The Balaban J connectivity index is 3.16. The Morgan fingerprint density at radius 3 is 2.82 bits per heavy atom. The standard InChI is InChI=1S/C8H8ClNO/c1-10-8-4-7(9)3-2-6(8)5-11/h2-5,10H,1H3. The summed E-state index contributed by atoms with van der Waals surface area (Å²) in [5, 5.41) is 3.50. The van der Waals surface area contributed by atoms with E-state index in [2.05, 4.69) is 5.32 Å². The maximum absolute atomic E-state index is 10.4. The smallest absolute Gasteiger partial charge is 0.152 e. The zero-order chi connectivity index (χ0) is 8.27. The average Bonchev–Trinajstić information content (AvgIpc) is 2.04. The molecule has 0 radical (unpaired) electrons. The third-order valence-corrected chi connectivity index (χ3v) is 1.65. The first kappa shape index (κ1) is 8.08. The van der Waals surface area contributed by atoms with E-state index in [4.69, 9.17) is 11.6 Å². The first-order chi connectivity index (χ1) is 5.27. The van der Waals surface area contributed by atoms with E-state index in [0.717, 1.165) is 12.0 Å². The van der Waals surface area contributed by atoms with Crippen LogP contribution in [0.1, 0.15) is 10.4 Å². The molecule has 1 N–H and O–H groups in total. The second-order valence-electron chi connectivity index (χ2n) is 2.10. The van der Waals surface area contributed by atoms with Gasteiger partial charge in [0, 0.05) is 23.3 Å². The van der Waals surface area contributed by atoms with Gasteiger partial charge in [-0.2, -0.15) is 0 Å². The predicted molar refractivity (Wildman–Crippen MR) is 46.4 cm³/mol. The van der Waals surface area contributed by atoms with Crippen LogP contribution in [-0.2, 0) is 0 Å². The fourth-order valence-corrected chi connectivity index (χ4v) is 1.02. The molecule has 0 aliphatic rings. The van der Waals surface area contributed by atoms with Gasteiger partial charge < -0.3 is 5.32 Å². The van der Waals surface area contributed by atoms with Gasteiger partial charge in [-0.25, -0.2) is 0 Å². The minimum atomic E-state index is 0.622. The molecule has 1 aromatic rings. The SMILES string of the molecule is CNc1cc(Cl)ccc1C=O. The second kappa shape index (κ2) is 3.39. The third kappa shape index (κ3) is 1.71. The predicted octanol–water partition coefficient (Wildman–Crippen LogP) is 2.19. The van der Waals surface area contributed by atoms with Crippen LogP contribution in [0.2, 0.25) is 5.02 Å². The highest BCUT2D eigenvalue weighted by molar-refractivity contribution is 6.31. The summed E-state index contributed by atoms with van der Waals surface area (Å²) in [6, 6.07) is 5.08. The molecule has 3 heteroatoms. The first-order valence-electron chi connectivity index (χ1n) is 3.20. The van der Waals surface area contributed by atoms with Gasteiger partial charge in [0.1, 0.15) is 0 Å². The van der Waals surface area contributed by atoms with Gasteiger partial charge in [-0.3, -0.25) is 4.79 Å². The summed E-state index contributed by atoms with van der Waals surface area (Å²) < 4.78 is 0. The van der Waals surface area contributed by atoms with Crippen LogP contribution in [0, 0.1) is 0 Å². The average molecular weight is 170 g/mol. The molecule has 0 bridgehead atoms. The van der Waals surface area contributed by atoms with Gasteiger partial charge in [-0.15, -0.1) is 0 Å². The fraction of sp³-hybridized carbons (Fsp3) is 0.125. The highest BCUT2D eigenvalue weighted by Gasteiger charge is 1.98. The molecule has 0 amide bonds. The molecule has 0 unspecified atom stereocenters. The molecule has 0 atom stereocenters. The maximum atomic E-state index is 10.4. The number of nitrogens with one attached hydrogen (secondary N) is 1. The summed E-state index contributed by atoms with van der Waals surface area (Å²) in [5.41, 5.74) is 1.38. The van der Waals surface area contributed by atoms with Gasteiger partial charge in [-0.05, 0) is 18.2 Å².